The molecule has 0 saturated carbocycles. The SMILES string of the molecule is CCCCCCCCCCCCSC(=O)/C(=C/O[Si](C)(C)C(C)(C)C)CCC. The molecule has 166 valence electrons. The summed E-state index contributed by atoms with van der Waals surface area (Å²) in [5.41, 5.74) is 0.865. The number of hydrogen-bond donors (Lipinski definition) is 0. The first-order valence-electron chi connectivity index (χ1n) is 11.7. The molecule has 0 bridgehead atoms. The van der Waals surface area contributed by atoms with Crippen molar-refractivity contribution in [3.63, 3.8) is 0 Å². The molecular weight excluding hydrogens is 380 g/mol. The molecule has 0 atom stereocenters. The lowest BCUT2D eigenvalue weighted by molar-refractivity contribution is -0.108. The zero-order chi connectivity index (χ0) is 21.5. The molecule has 0 aromatic heterocycles. The Hall–Kier alpha value is -0.223. The molecule has 0 aromatic carbocycles. The molecule has 0 saturated heterocycles. The van der Waals surface area contributed by atoms with Crippen LogP contribution in [0, 0.1) is 0 Å². The van der Waals surface area contributed by atoms with Crippen molar-refractivity contribution < 1.29 is 9.22 Å². The van der Waals surface area contributed by atoms with E-state index in [4.69, 9.17) is 4.43 Å². The molecule has 2 nitrogen and oxygen atoms in total. The van der Waals surface area contributed by atoms with Crippen molar-refractivity contribution in [2.45, 2.75) is 130 Å². The van der Waals surface area contributed by atoms with Gasteiger partial charge in [-0.05, 0) is 31.0 Å². The van der Waals surface area contributed by atoms with Gasteiger partial charge in [0, 0.05) is 11.3 Å². The summed E-state index contributed by atoms with van der Waals surface area (Å²) in [6, 6.07) is 0. The first-order chi connectivity index (χ1) is 13.2. The van der Waals surface area contributed by atoms with Crippen molar-refractivity contribution in [2.75, 3.05) is 5.75 Å². The predicted octanol–water partition coefficient (Wildman–Crippen LogP) is 8.87. The number of thioether (sulfide) groups is 1. The van der Waals surface area contributed by atoms with E-state index in [1.807, 2.05) is 0 Å². The Morgan fingerprint density at radius 1 is 0.857 bits per heavy atom. The van der Waals surface area contributed by atoms with Crippen LogP contribution in [0.2, 0.25) is 18.1 Å². The molecule has 0 aliphatic carbocycles. The fourth-order valence-corrected chi connectivity index (χ4v) is 4.38. The fourth-order valence-electron chi connectivity index (χ4n) is 2.72. The van der Waals surface area contributed by atoms with E-state index in [9.17, 15) is 4.79 Å². The highest BCUT2D eigenvalue weighted by Crippen LogP contribution is 2.37. The molecule has 0 aliphatic rings. The first-order valence-corrected chi connectivity index (χ1v) is 15.6. The van der Waals surface area contributed by atoms with Gasteiger partial charge in [-0.2, -0.15) is 0 Å². The highest BCUT2D eigenvalue weighted by atomic mass is 32.2. The molecule has 0 unspecified atom stereocenters. The van der Waals surface area contributed by atoms with Gasteiger partial charge in [-0.15, -0.1) is 0 Å². The fraction of sp³-hybridized carbons (Fsp3) is 0.875. The maximum Gasteiger partial charge on any atom is 0.249 e. The summed E-state index contributed by atoms with van der Waals surface area (Å²) < 4.78 is 6.18. The van der Waals surface area contributed by atoms with Crippen LogP contribution in [0.1, 0.15) is 112 Å². The third-order valence-electron chi connectivity index (χ3n) is 5.81. The summed E-state index contributed by atoms with van der Waals surface area (Å²) in [4.78, 5) is 12.6. The van der Waals surface area contributed by atoms with Crippen LogP contribution in [-0.2, 0) is 9.22 Å². The maximum absolute atomic E-state index is 12.6. The number of rotatable bonds is 16. The molecule has 28 heavy (non-hydrogen) atoms. The first kappa shape index (κ1) is 27.8. The number of carbonyl (C=O) groups excluding carboxylic acids is 1. The van der Waals surface area contributed by atoms with E-state index in [1.165, 1.54) is 69.5 Å². The summed E-state index contributed by atoms with van der Waals surface area (Å²) in [6.07, 6.45) is 17.0. The van der Waals surface area contributed by atoms with Gasteiger partial charge in [0.1, 0.15) is 0 Å². The van der Waals surface area contributed by atoms with Crippen molar-refractivity contribution >= 4 is 25.2 Å². The third kappa shape index (κ3) is 13.1. The second-order valence-electron chi connectivity index (χ2n) is 9.59. The quantitative estimate of drug-likeness (QED) is 0.106. The zero-order valence-corrected chi connectivity index (χ0v) is 21.8. The van der Waals surface area contributed by atoms with E-state index >= 15 is 0 Å². The summed E-state index contributed by atoms with van der Waals surface area (Å²) in [5.74, 6) is 0.941. The van der Waals surface area contributed by atoms with Gasteiger partial charge < -0.3 is 4.43 Å². The largest absolute Gasteiger partial charge is 0.549 e. The predicted molar refractivity (Wildman–Crippen MR) is 131 cm³/mol. The molecule has 0 radical (unpaired) electrons. The standard InChI is InChI=1S/C24H48O2SSi/c1-8-10-11-12-13-14-15-16-17-18-20-27-23(25)22(19-9-2)21-26-28(6,7)24(3,4)5/h21H,8-20H2,1-7H3/b22-21+. The van der Waals surface area contributed by atoms with Crippen LogP contribution in [0.4, 0.5) is 0 Å². The Morgan fingerprint density at radius 3 is 1.82 bits per heavy atom. The van der Waals surface area contributed by atoms with Gasteiger partial charge in [0.05, 0.1) is 6.26 Å². The second-order valence-corrected chi connectivity index (χ2v) is 15.4. The lowest BCUT2D eigenvalue weighted by Crippen LogP contribution is -2.39. The average Bonchev–Trinajstić information content (AvgIpc) is 2.62. The number of carbonyl (C=O) groups is 1. The minimum absolute atomic E-state index is 0.160. The molecule has 0 rings (SSSR count). The monoisotopic (exact) mass is 428 g/mol. The molecule has 0 heterocycles. The lowest BCUT2D eigenvalue weighted by Gasteiger charge is -2.35. The molecule has 0 aliphatic heterocycles. The van der Waals surface area contributed by atoms with E-state index in [2.05, 4.69) is 47.7 Å². The van der Waals surface area contributed by atoms with E-state index in [1.54, 1.807) is 6.26 Å². The van der Waals surface area contributed by atoms with Gasteiger partial charge in [-0.25, -0.2) is 0 Å². The summed E-state index contributed by atoms with van der Waals surface area (Å²) in [7, 11) is -1.85. The van der Waals surface area contributed by atoms with Gasteiger partial charge >= 0.3 is 0 Å². The Balaban J connectivity index is 4.07. The topological polar surface area (TPSA) is 26.3 Å². The smallest absolute Gasteiger partial charge is 0.249 e. The van der Waals surface area contributed by atoms with Crippen LogP contribution in [0.5, 0.6) is 0 Å². The van der Waals surface area contributed by atoms with Gasteiger partial charge in [-0.3, -0.25) is 4.79 Å². The number of hydrogen-bond acceptors (Lipinski definition) is 3. The summed E-state index contributed by atoms with van der Waals surface area (Å²) >= 11 is 1.49. The van der Waals surface area contributed by atoms with Crippen LogP contribution in [0.15, 0.2) is 11.8 Å². The van der Waals surface area contributed by atoms with Crippen LogP contribution in [-0.4, -0.2) is 19.2 Å². The molecular formula is C24H48O2SSi. The average molecular weight is 429 g/mol. The zero-order valence-electron chi connectivity index (χ0n) is 20.0. The summed E-state index contributed by atoms with van der Waals surface area (Å²) in [6.45, 7) is 15.5. The van der Waals surface area contributed by atoms with E-state index in [0.29, 0.717) is 0 Å². The van der Waals surface area contributed by atoms with Crippen LogP contribution in [0.3, 0.4) is 0 Å². The molecule has 0 fully saturated rings. The molecule has 4 heteroatoms. The third-order valence-corrected chi connectivity index (χ3v) is 11.2. The van der Waals surface area contributed by atoms with Crippen molar-refractivity contribution in [3.8, 4) is 0 Å². The minimum atomic E-state index is -1.85. The molecule has 0 N–H and O–H groups in total. The van der Waals surface area contributed by atoms with Crippen molar-refractivity contribution in [1.82, 2.24) is 0 Å². The van der Waals surface area contributed by atoms with E-state index in [-0.39, 0.29) is 10.2 Å². The number of unbranched alkanes of at least 4 members (excludes halogenated alkanes) is 9. The van der Waals surface area contributed by atoms with Gasteiger partial charge in [0.2, 0.25) is 13.4 Å². The van der Waals surface area contributed by atoms with Crippen molar-refractivity contribution in [3.05, 3.63) is 11.8 Å². The van der Waals surface area contributed by atoms with E-state index < -0.39 is 8.32 Å². The molecule has 0 spiro atoms. The highest BCUT2D eigenvalue weighted by molar-refractivity contribution is 8.14. The minimum Gasteiger partial charge on any atom is -0.549 e. The van der Waals surface area contributed by atoms with Gasteiger partial charge in [0.15, 0.2) is 0 Å². The van der Waals surface area contributed by atoms with Crippen LogP contribution in [0.25, 0.3) is 0 Å². The Labute approximate surface area is 181 Å². The Morgan fingerprint density at radius 2 is 1.36 bits per heavy atom. The molecule has 0 aromatic rings. The molecule has 0 amide bonds. The Kier molecular flexibility index (Phi) is 15.5. The highest BCUT2D eigenvalue weighted by Gasteiger charge is 2.38. The maximum atomic E-state index is 12.6. The van der Waals surface area contributed by atoms with Crippen LogP contribution < -0.4 is 0 Å². The normalized spacial score (nSPS) is 13.0. The lowest BCUT2D eigenvalue weighted by atomic mass is 10.1. The second kappa shape index (κ2) is 15.6. The van der Waals surface area contributed by atoms with Gasteiger partial charge in [-0.1, -0.05) is 111 Å². The van der Waals surface area contributed by atoms with Crippen molar-refractivity contribution in [2.24, 2.45) is 0 Å². The summed E-state index contributed by atoms with van der Waals surface area (Å²) in [5, 5.41) is 0.379. The van der Waals surface area contributed by atoms with Gasteiger partial charge in [0.25, 0.3) is 0 Å². The van der Waals surface area contributed by atoms with E-state index in [0.717, 1.165) is 30.6 Å². The van der Waals surface area contributed by atoms with Crippen LogP contribution >= 0.6 is 11.8 Å². The Bertz CT molecular complexity index is 438. The van der Waals surface area contributed by atoms with Crippen molar-refractivity contribution in [1.29, 1.82) is 0 Å².